The van der Waals surface area contributed by atoms with Crippen molar-refractivity contribution < 1.29 is 12.9 Å². The van der Waals surface area contributed by atoms with Crippen molar-refractivity contribution in [3.63, 3.8) is 0 Å². The van der Waals surface area contributed by atoms with Crippen LogP contribution in [0.25, 0.3) is 16.2 Å². The third-order valence-corrected chi connectivity index (χ3v) is 8.29. The van der Waals surface area contributed by atoms with Crippen LogP contribution in [-0.2, 0) is 10.0 Å². The molecule has 1 aromatic carbocycles. The molecule has 0 saturated heterocycles. The van der Waals surface area contributed by atoms with Crippen LogP contribution in [0.2, 0.25) is 0 Å². The lowest BCUT2D eigenvalue weighted by molar-refractivity contribution is 0.427. The molecule has 2 aromatic heterocycles. The van der Waals surface area contributed by atoms with E-state index in [0.29, 0.717) is 29.5 Å². The second kappa shape index (κ2) is 7.07. The summed E-state index contributed by atoms with van der Waals surface area (Å²) < 4.78 is 33.3. The number of hydrogen-bond donors (Lipinski definition) is 0. The molecule has 7 heteroatoms. The van der Waals surface area contributed by atoms with Crippen molar-refractivity contribution in [2.24, 2.45) is 0 Å². The summed E-state index contributed by atoms with van der Waals surface area (Å²) in [5.74, 6) is 0.642. The fraction of sp³-hybridized carbons (Fsp3) is 0.250. The molecular formula is C20H20N2O3S2. The highest BCUT2D eigenvalue weighted by Gasteiger charge is 2.28. The molecule has 3 aromatic rings. The lowest BCUT2D eigenvalue weighted by Crippen LogP contribution is -2.34. The second-order valence-electron chi connectivity index (χ2n) is 6.55. The van der Waals surface area contributed by atoms with E-state index in [0.717, 1.165) is 21.7 Å². The minimum absolute atomic E-state index is 0.336. The highest BCUT2D eigenvalue weighted by atomic mass is 32.2. The Hall–Kier alpha value is -2.22. The van der Waals surface area contributed by atoms with E-state index in [9.17, 15) is 8.42 Å². The first-order valence-corrected chi connectivity index (χ1v) is 11.0. The molecule has 27 heavy (non-hydrogen) atoms. The van der Waals surface area contributed by atoms with Gasteiger partial charge in [0.15, 0.2) is 5.76 Å². The molecule has 0 spiro atoms. The van der Waals surface area contributed by atoms with Crippen LogP contribution in [0.3, 0.4) is 0 Å². The monoisotopic (exact) mass is 400 g/mol. The number of rotatable bonds is 4. The smallest absolute Gasteiger partial charge is 0.252 e. The van der Waals surface area contributed by atoms with Gasteiger partial charge in [-0.1, -0.05) is 41.6 Å². The molecule has 3 heterocycles. The Kier molecular flexibility index (Phi) is 4.75. The summed E-state index contributed by atoms with van der Waals surface area (Å²) in [7, 11) is -3.52. The SMILES string of the molecule is Cc1noc(-c2ccc(S(=O)(=O)N3CC=C(c4ccccc4)CC3)s2)c1C. The average Bonchev–Trinajstić information content (AvgIpc) is 3.31. The molecule has 0 N–H and O–H groups in total. The van der Waals surface area contributed by atoms with Crippen molar-refractivity contribution in [1.29, 1.82) is 0 Å². The Bertz CT molecular complexity index is 1100. The predicted molar refractivity (Wildman–Crippen MR) is 107 cm³/mol. The molecule has 0 radical (unpaired) electrons. The number of hydrogen-bond acceptors (Lipinski definition) is 5. The number of benzene rings is 1. The fourth-order valence-electron chi connectivity index (χ4n) is 3.14. The number of nitrogens with zero attached hydrogens (tertiary/aromatic N) is 2. The molecule has 1 aliphatic heterocycles. The lowest BCUT2D eigenvalue weighted by Gasteiger charge is -2.25. The quantitative estimate of drug-likeness (QED) is 0.647. The first-order valence-electron chi connectivity index (χ1n) is 8.74. The summed E-state index contributed by atoms with van der Waals surface area (Å²) in [4.78, 5) is 0.782. The number of aryl methyl sites for hydroxylation is 1. The Morgan fingerprint density at radius 2 is 1.89 bits per heavy atom. The molecule has 140 valence electrons. The van der Waals surface area contributed by atoms with E-state index in [1.54, 1.807) is 12.1 Å². The van der Waals surface area contributed by atoms with Crippen LogP contribution in [-0.4, -0.2) is 31.0 Å². The van der Waals surface area contributed by atoms with Gasteiger partial charge in [-0.2, -0.15) is 4.31 Å². The summed E-state index contributed by atoms with van der Waals surface area (Å²) >= 11 is 1.23. The molecule has 5 nitrogen and oxygen atoms in total. The normalized spacial score (nSPS) is 15.7. The first kappa shape index (κ1) is 18.2. The van der Waals surface area contributed by atoms with Gasteiger partial charge < -0.3 is 4.52 Å². The van der Waals surface area contributed by atoms with Crippen molar-refractivity contribution in [3.8, 4) is 10.6 Å². The van der Waals surface area contributed by atoms with Gasteiger partial charge in [0.1, 0.15) is 4.21 Å². The first-order chi connectivity index (χ1) is 13.0. The van der Waals surface area contributed by atoms with E-state index >= 15 is 0 Å². The van der Waals surface area contributed by atoms with Gasteiger partial charge in [-0.25, -0.2) is 8.42 Å². The molecule has 0 bridgehead atoms. The van der Waals surface area contributed by atoms with Gasteiger partial charge in [-0.15, -0.1) is 11.3 Å². The van der Waals surface area contributed by atoms with E-state index in [1.165, 1.54) is 21.2 Å². The van der Waals surface area contributed by atoms with Crippen LogP contribution in [0, 0.1) is 13.8 Å². The van der Waals surface area contributed by atoms with Crippen molar-refractivity contribution in [2.75, 3.05) is 13.1 Å². The molecule has 0 amide bonds. The fourth-order valence-corrected chi connectivity index (χ4v) is 6.01. The van der Waals surface area contributed by atoms with Crippen LogP contribution in [0.4, 0.5) is 0 Å². The van der Waals surface area contributed by atoms with Crippen LogP contribution in [0.1, 0.15) is 23.2 Å². The van der Waals surface area contributed by atoms with Crippen LogP contribution >= 0.6 is 11.3 Å². The minimum Gasteiger partial charge on any atom is -0.355 e. The maximum Gasteiger partial charge on any atom is 0.252 e. The van der Waals surface area contributed by atoms with Crippen LogP contribution in [0.15, 0.2) is 57.3 Å². The summed E-state index contributed by atoms with van der Waals surface area (Å²) in [6, 6.07) is 13.5. The van der Waals surface area contributed by atoms with Gasteiger partial charge in [0, 0.05) is 18.7 Å². The number of aromatic nitrogens is 1. The van der Waals surface area contributed by atoms with E-state index in [1.807, 2.05) is 38.1 Å². The van der Waals surface area contributed by atoms with Gasteiger partial charge >= 0.3 is 0 Å². The van der Waals surface area contributed by atoms with Gasteiger partial charge in [0.25, 0.3) is 10.0 Å². The molecular weight excluding hydrogens is 380 g/mol. The number of thiophene rings is 1. The number of sulfonamides is 1. The van der Waals surface area contributed by atoms with Gasteiger partial charge in [0.05, 0.1) is 10.6 Å². The zero-order valence-corrected chi connectivity index (χ0v) is 16.8. The van der Waals surface area contributed by atoms with Crippen molar-refractivity contribution >= 4 is 26.9 Å². The maximum atomic E-state index is 13.0. The minimum atomic E-state index is -3.52. The second-order valence-corrected chi connectivity index (χ2v) is 9.80. The Morgan fingerprint density at radius 3 is 2.52 bits per heavy atom. The molecule has 0 unspecified atom stereocenters. The maximum absolute atomic E-state index is 13.0. The predicted octanol–water partition coefficient (Wildman–Crippen LogP) is 4.50. The molecule has 0 atom stereocenters. The molecule has 1 aliphatic rings. The van der Waals surface area contributed by atoms with E-state index in [4.69, 9.17) is 4.52 Å². The highest BCUT2D eigenvalue weighted by Crippen LogP contribution is 2.35. The standard InChI is InChI=1S/C20H20N2O3S2/c1-14-15(2)21-25-20(14)18-8-9-19(26-18)27(23,24)22-12-10-17(11-13-22)16-6-4-3-5-7-16/h3-10H,11-13H2,1-2H3. The Balaban J connectivity index is 1.56. The Morgan fingerprint density at radius 1 is 1.11 bits per heavy atom. The topological polar surface area (TPSA) is 63.4 Å². The van der Waals surface area contributed by atoms with Gasteiger partial charge in [0.2, 0.25) is 0 Å². The Labute approximate surface area is 163 Å². The van der Waals surface area contributed by atoms with E-state index in [-0.39, 0.29) is 0 Å². The van der Waals surface area contributed by atoms with Gasteiger partial charge in [-0.05, 0) is 43.5 Å². The summed E-state index contributed by atoms with van der Waals surface area (Å²) in [6.07, 6.45) is 2.72. The molecule has 0 fully saturated rings. The third kappa shape index (κ3) is 3.38. The molecule has 4 rings (SSSR count). The van der Waals surface area contributed by atoms with E-state index < -0.39 is 10.0 Å². The van der Waals surface area contributed by atoms with Gasteiger partial charge in [-0.3, -0.25) is 0 Å². The largest absolute Gasteiger partial charge is 0.355 e. The summed E-state index contributed by atoms with van der Waals surface area (Å²) in [5, 5.41) is 3.95. The van der Waals surface area contributed by atoms with Crippen molar-refractivity contribution in [1.82, 2.24) is 9.46 Å². The third-order valence-electron chi connectivity index (χ3n) is 4.87. The highest BCUT2D eigenvalue weighted by molar-refractivity contribution is 7.91. The van der Waals surface area contributed by atoms with Crippen LogP contribution in [0.5, 0.6) is 0 Å². The zero-order chi connectivity index (χ0) is 19.0. The molecule has 0 saturated carbocycles. The zero-order valence-electron chi connectivity index (χ0n) is 15.2. The molecule has 0 aliphatic carbocycles. The van der Waals surface area contributed by atoms with Crippen LogP contribution < -0.4 is 0 Å². The van der Waals surface area contributed by atoms with E-state index in [2.05, 4.69) is 17.3 Å². The summed E-state index contributed by atoms with van der Waals surface area (Å²) in [6.45, 7) is 4.67. The summed E-state index contributed by atoms with van der Waals surface area (Å²) in [5.41, 5.74) is 4.11. The lowest BCUT2D eigenvalue weighted by atomic mass is 10.0. The average molecular weight is 401 g/mol. The van der Waals surface area contributed by atoms with Crippen molar-refractivity contribution in [2.45, 2.75) is 24.5 Å². The van der Waals surface area contributed by atoms with Crippen molar-refractivity contribution in [3.05, 3.63) is 65.4 Å².